The highest BCUT2D eigenvalue weighted by Crippen LogP contribution is 2.15. The van der Waals surface area contributed by atoms with E-state index in [0.29, 0.717) is 13.0 Å². The van der Waals surface area contributed by atoms with Crippen molar-refractivity contribution in [1.82, 2.24) is 0 Å². The molecule has 0 rings (SSSR count). The second-order valence-electron chi connectivity index (χ2n) is 11.5. The normalized spacial score (nSPS) is 10.8. The average molecular weight is 543 g/mol. The molecule has 4 heteroatoms. The molecule has 0 aliphatic rings. The molecule has 0 aromatic carbocycles. The lowest BCUT2D eigenvalue weighted by atomic mass is 10.0. The smallest absolute Gasteiger partial charge is 0.305 e. The Labute approximate surface area is 239 Å². The van der Waals surface area contributed by atoms with Crippen molar-refractivity contribution >= 4 is 5.97 Å². The van der Waals surface area contributed by atoms with Crippen LogP contribution in [0.2, 0.25) is 0 Å². The molecule has 0 unspecified atom stereocenters. The molecule has 0 aliphatic carbocycles. The van der Waals surface area contributed by atoms with Crippen molar-refractivity contribution in [2.75, 3.05) is 6.61 Å². The van der Waals surface area contributed by atoms with Crippen LogP contribution in [0, 0.1) is 0 Å². The van der Waals surface area contributed by atoms with Crippen LogP contribution in [0.15, 0.2) is 0 Å². The van der Waals surface area contributed by atoms with E-state index in [1.807, 2.05) is 0 Å². The quantitative estimate of drug-likeness (QED) is 0.0395. The van der Waals surface area contributed by atoms with Gasteiger partial charge in [-0.2, -0.15) is 0 Å². The molecule has 0 saturated heterocycles. The van der Waals surface area contributed by atoms with Crippen LogP contribution in [0.5, 0.6) is 0 Å². The van der Waals surface area contributed by atoms with E-state index in [2.05, 4.69) is 13.8 Å². The lowest BCUT2D eigenvalue weighted by Crippen LogP contribution is -2.05. The maximum Gasteiger partial charge on any atom is 0.305 e. The number of hydrogen-bond acceptors (Lipinski definition) is 4. The summed E-state index contributed by atoms with van der Waals surface area (Å²) in [7, 11) is 0. The van der Waals surface area contributed by atoms with Gasteiger partial charge in [-0.15, -0.1) is 0 Å². The van der Waals surface area contributed by atoms with Crippen LogP contribution in [0.3, 0.4) is 0 Å². The molecule has 0 spiro atoms. The van der Waals surface area contributed by atoms with E-state index in [1.165, 1.54) is 173 Å². The van der Waals surface area contributed by atoms with Gasteiger partial charge in [0.1, 0.15) is 0 Å². The zero-order chi connectivity index (χ0) is 28.2. The summed E-state index contributed by atoms with van der Waals surface area (Å²) >= 11 is 0. The van der Waals surface area contributed by atoms with Crippen molar-refractivity contribution in [2.24, 2.45) is 0 Å². The molecule has 38 heavy (non-hydrogen) atoms. The van der Waals surface area contributed by atoms with Gasteiger partial charge in [-0.1, -0.05) is 187 Å². The van der Waals surface area contributed by atoms with Crippen LogP contribution in [-0.2, 0) is 9.53 Å². The Kier molecular flexibility index (Phi) is 40.1. The predicted octanol–water partition coefficient (Wildman–Crippen LogP) is 12.3. The van der Waals surface area contributed by atoms with Gasteiger partial charge in [0.25, 0.3) is 0 Å². The minimum absolute atomic E-state index is 0.0269. The number of esters is 1. The van der Waals surface area contributed by atoms with Gasteiger partial charge in [0.05, 0.1) is 6.61 Å². The van der Waals surface area contributed by atoms with E-state index in [4.69, 9.17) is 15.3 Å². The molecule has 0 aromatic heterocycles. The van der Waals surface area contributed by atoms with Gasteiger partial charge in [0.15, 0.2) is 0 Å². The van der Waals surface area contributed by atoms with Crippen LogP contribution >= 0.6 is 0 Å². The van der Waals surface area contributed by atoms with Gasteiger partial charge in [-0.3, -0.25) is 15.3 Å². The molecule has 0 radical (unpaired) electrons. The predicted molar refractivity (Wildman–Crippen MR) is 166 cm³/mol. The van der Waals surface area contributed by atoms with Gasteiger partial charge < -0.3 is 4.74 Å². The van der Waals surface area contributed by atoms with Crippen molar-refractivity contribution in [3.05, 3.63) is 0 Å². The highest BCUT2D eigenvalue weighted by atomic mass is 17.0. The van der Waals surface area contributed by atoms with Crippen LogP contribution in [0.4, 0.5) is 0 Å². The molecule has 230 valence electrons. The number of hydrogen-bond donors (Lipinski definition) is 2. The Morgan fingerprint density at radius 2 is 0.632 bits per heavy atom. The Morgan fingerprint density at radius 3 is 0.921 bits per heavy atom. The van der Waals surface area contributed by atoms with Crippen LogP contribution in [0.1, 0.15) is 206 Å². The number of carbonyl (C=O) groups is 1. The van der Waals surface area contributed by atoms with E-state index >= 15 is 0 Å². The van der Waals surface area contributed by atoms with E-state index in [-0.39, 0.29) is 5.97 Å². The highest BCUT2D eigenvalue weighted by Gasteiger charge is 2.02. The first-order valence-electron chi connectivity index (χ1n) is 17.2. The number of ether oxygens (including phenoxy) is 1. The summed E-state index contributed by atoms with van der Waals surface area (Å²) in [5, 5.41) is 12.0. The van der Waals surface area contributed by atoms with Crippen LogP contribution in [0.25, 0.3) is 0 Å². The third kappa shape index (κ3) is 37.5. The first-order valence-corrected chi connectivity index (χ1v) is 17.2. The first kappa shape index (κ1) is 39.5. The Bertz CT molecular complexity index is 413. The molecule has 0 heterocycles. The van der Waals surface area contributed by atoms with Crippen LogP contribution < -0.4 is 0 Å². The molecule has 0 amide bonds. The van der Waals surface area contributed by atoms with E-state index in [1.54, 1.807) is 0 Å². The van der Waals surface area contributed by atoms with Crippen molar-refractivity contribution < 1.29 is 20.0 Å². The second kappa shape index (κ2) is 38.5. The summed E-state index contributed by atoms with van der Waals surface area (Å²) in [5.41, 5.74) is 0. The highest BCUT2D eigenvalue weighted by molar-refractivity contribution is 5.69. The summed E-state index contributed by atoms with van der Waals surface area (Å²) in [6.07, 6.45) is 40.1. The zero-order valence-electron chi connectivity index (χ0n) is 26.1. The maximum absolute atomic E-state index is 11.9. The number of carbonyl (C=O) groups excluding carboxylic acids is 1. The van der Waals surface area contributed by atoms with Crippen LogP contribution in [-0.4, -0.2) is 23.1 Å². The van der Waals surface area contributed by atoms with Crippen molar-refractivity contribution in [2.45, 2.75) is 206 Å². The molecule has 0 aromatic rings. The van der Waals surface area contributed by atoms with E-state index in [0.717, 1.165) is 12.8 Å². The van der Waals surface area contributed by atoms with Crippen molar-refractivity contribution in [1.29, 1.82) is 0 Å². The Hall–Kier alpha value is -0.610. The SMILES string of the molecule is CCCCCCCCCCCCCCCCCCOC(=O)CCCCCCCCCCCCCCC.OO. The molecule has 0 aliphatic heterocycles. The summed E-state index contributed by atoms with van der Waals surface area (Å²) in [5.74, 6) is 0.0269. The van der Waals surface area contributed by atoms with Crippen molar-refractivity contribution in [3.63, 3.8) is 0 Å². The molecular weight excluding hydrogens is 472 g/mol. The third-order valence-corrected chi connectivity index (χ3v) is 7.75. The van der Waals surface area contributed by atoms with Gasteiger partial charge >= 0.3 is 5.97 Å². The molecule has 0 bridgehead atoms. The lowest BCUT2D eigenvalue weighted by Gasteiger charge is -2.06. The molecule has 2 N–H and O–H groups in total. The minimum Gasteiger partial charge on any atom is -0.466 e. The number of unbranched alkanes of at least 4 members (excludes halogenated alkanes) is 27. The molecule has 0 fully saturated rings. The minimum atomic E-state index is 0.0269. The van der Waals surface area contributed by atoms with Crippen molar-refractivity contribution in [3.8, 4) is 0 Å². The Balaban J connectivity index is 0. The number of rotatable bonds is 31. The third-order valence-electron chi connectivity index (χ3n) is 7.75. The summed E-state index contributed by atoms with van der Waals surface area (Å²) in [6.45, 7) is 5.21. The summed E-state index contributed by atoms with van der Waals surface area (Å²) in [6, 6.07) is 0. The zero-order valence-corrected chi connectivity index (χ0v) is 26.1. The van der Waals surface area contributed by atoms with E-state index < -0.39 is 0 Å². The second-order valence-corrected chi connectivity index (χ2v) is 11.5. The Morgan fingerprint density at radius 1 is 0.395 bits per heavy atom. The average Bonchev–Trinajstić information content (AvgIpc) is 2.94. The molecule has 0 atom stereocenters. The molecular formula is C34H70O4. The molecule has 0 saturated carbocycles. The van der Waals surface area contributed by atoms with Gasteiger partial charge in [0, 0.05) is 6.42 Å². The van der Waals surface area contributed by atoms with Gasteiger partial charge in [-0.25, -0.2) is 0 Å². The molecule has 4 nitrogen and oxygen atoms in total. The fourth-order valence-corrected chi connectivity index (χ4v) is 5.20. The topological polar surface area (TPSA) is 66.8 Å². The maximum atomic E-state index is 11.9. The summed E-state index contributed by atoms with van der Waals surface area (Å²) < 4.78 is 5.43. The van der Waals surface area contributed by atoms with Gasteiger partial charge in [0.2, 0.25) is 0 Å². The first-order chi connectivity index (χ1) is 18.8. The van der Waals surface area contributed by atoms with E-state index in [9.17, 15) is 4.79 Å². The lowest BCUT2D eigenvalue weighted by molar-refractivity contribution is -0.176. The largest absolute Gasteiger partial charge is 0.466 e. The fraction of sp³-hybridized carbons (Fsp3) is 0.971. The van der Waals surface area contributed by atoms with Gasteiger partial charge in [-0.05, 0) is 12.8 Å². The fourth-order valence-electron chi connectivity index (χ4n) is 5.20. The standard InChI is InChI=1S/C34H68O2.H2O2/c1-3-5-7-9-11-13-15-17-18-19-21-23-25-27-29-31-33-36-34(35)32-30-28-26-24-22-20-16-14-12-10-8-6-4-2;1-2/h3-33H2,1-2H3;1-2H. The summed E-state index contributed by atoms with van der Waals surface area (Å²) in [4.78, 5) is 11.9. The monoisotopic (exact) mass is 543 g/mol.